The number of nitrogens with zero attached hydrogens (tertiary/aromatic N) is 1. The molecule has 9 nitrogen and oxygen atoms in total. The molecule has 3 fully saturated rings. The summed E-state index contributed by atoms with van der Waals surface area (Å²) in [5.41, 5.74) is 0.394. The van der Waals surface area contributed by atoms with Crippen molar-refractivity contribution < 1.29 is 33.4 Å². The summed E-state index contributed by atoms with van der Waals surface area (Å²) in [5, 5.41) is 2.60. The molecule has 1 aromatic rings. The standard InChI is InChI=1S/C22H26N2O7/c1-11(24-20(26)18-12-4-5-13(8-12)19(18)21(24)27)22(28)31-10-17(25)23-15-7-6-14(29-2)9-16(15)30-3/h6-7,9,11-13,18-19H,4-5,8,10H2,1-3H3,(H,23,25)/t11-,12-,13-,18+,19+/m0/s1. The van der Waals surface area contributed by atoms with Gasteiger partial charge in [-0.3, -0.25) is 19.3 Å². The monoisotopic (exact) mass is 430 g/mol. The van der Waals surface area contributed by atoms with Gasteiger partial charge in [0.1, 0.15) is 17.5 Å². The minimum atomic E-state index is -1.06. The topological polar surface area (TPSA) is 111 Å². The number of anilines is 1. The molecule has 1 aromatic carbocycles. The maximum atomic E-state index is 12.8. The van der Waals surface area contributed by atoms with Gasteiger partial charge in [-0.1, -0.05) is 0 Å². The van der Waals surface area contributed by atoms with Crippen molar-refractivity contribution in [3.63, 3.8) is 0 Å². The number of esters is 1. The number of ether oxygens (including phenoxy) is 3. The fraction of sp³-hybridized carbons (Fsp3) is 0.545. The average Bonchev–Trinajstić information content (AvgIpc) is 3.45. The Hall–Kier alpha value is -3.10. The fourth-order valence-corrected chi connectivity index (χ4v) is 5.26. The lowest BCUT2D eigenvalue weighted by atomic mass is 9.81. The summed E-state index contributed by atoms with van der Waals surface area (Å²) in [6, 6.07) is 3.81. The zero-order valence-corrected chi connectivity index (χ0v) is 17.8. The van der Waals surface area contributed by atoms with Crippen molar-refractivity contribution in [3.05, 3.63) is 18.2 Å². The molecule has 1 heterocycles. The first-order valence-electron chi connectivity index (χ1n) is 10.4. The Kier molecular flexibility index (Phi) is 5.60. The van der Waals surface area contributed by atoms with Crippen LogP contribution in [-0.4, -0.2) is 55.5 Å². The quantitative estimate of drug-likeness (QED) is 0.517. The van der Waals surface area contributed by atoms with Gasteiger partial charge in [-0.05, 0) is 50.2 Å². The molecule has 9 heteroatoms. The van der Waals surface area contributed by atoms with Gasteiger partial charge in [-0.15, -0.1) is 0 Å². The first-order valence-corrected chi connectivity index (χ1v) is 10.4. The molecular weight excluding hydrogens is 404 g/mol. The Labute approximate surface area is 180 Å². The second kappa shape index (κ2) is 8.20. The predicted octanol–water partition coefficient (Wildman–Crippen LogP) is 1.61. The largest absolute Gasteiger partial charge is 0.497 e. The Bertz CT molecular complexity index is 902. The highest BCUT2D eigenvalue weighted by Gasteiger charge is 2.62. The van der Waals surface area contributed by atoms with Gasteiger partial charge >= 0.3 is 5.97 Å². The van der Waals surface area contributed by atoms with Crippen LogP contribution < -0.4 is 14.8 Å². The van der Waals surface area contributed by atoms with Gasteiger partial charge in [0, 0.05) is 6.07 Å². The lowest BCUT2D eigenvalue weighted by Gasteiger charge is -2.23. The number of carbonyl (C=O) groups is 4. The summed E-state index contributed by atoms with van der Waals surface area (Å²) in [6.45, 7) is 0.915. The third kappa shape index (κ3) is 3.62. The zero-order valence-electron chi connectivity index (χ0n) is 17.8. The summed E-state index contributed by atoms with van der Waals surface area (Å²) in [5.74, 6) is -1.08. The number of carbonyl (C=O) groups excluding carboxylic acids is 4. The molecule has 31 heavy (non-hydrogen) atoms. The average molecular weight is 430 g/mol. The molecule has 5 atom stereocenters. The van der Waals surface area contributed by atoms with E-state index in [2.05, 4.69) is 5.32 Å². The molecule has 0 radical (unpaired) electrons. The van der Waals surface area contributed by atoms with Crippen molar-refractivity contribution in [2.75, 3.05) is 26.1 Å². The summed E-state index contributed by atoms with van der Waals surface area (Å²) in [7, 11) is 2.97. The SMILES string of the molecule is COc1ccc(NC(=O)COC(=O)[C@H](C)N2C(=O)[C@@H]3[C@H]4CC[C@@H](C4)[C@H]3C2=O)c(OC)c1. The van der Waals surface area contributed by atoms with Crippen molar-refractivity contribution in [2.24, 2.45) is 23.7 Å². The van der Waals surface area contributed by atoms with Crippen molar-refractivity contribution in [1.82, 2.24) is 4.90 Å². The van der Waals surface area contributed by atoms with E-state index in [9.17, 15) is 19.2 Å². The highest BCUT2D eigenvalue weighted by molar-refractivity contribution is 6.08. The van der Waals surface area contributed by atoms with Crippen LogP contribution in [0.1, 0.15) is 26.2 Å². The number of likely N-dealkylation sites (tertiary alicyclic amines) is 1. The van der Waals surface area contributed by atoms with Crippen molar-refractivity contribution >= 4 is 29.4 Å². The highest BCUT2D eigenvalue weighted by atomic mass is 16.5. The molecular formula is C22H26N2O7. The van der Waals surface area contributed by atoms with Crippen LogP contribution in [0.25, 0.3) is 0 Å². The maximum absolute atomic E-state index is 12.8. The minimum Gasteiger partial charge on any atom is -0.497 e. The van der Waals surface area contributed by atoms with E-state index in [1.54, 1.807) is 18.2 Å². The molecule has 3 amide bonds. The molecule has 166 valence electrons. The first-order chi connectivity index (χ1) is 14.8. The minimum absolute atomic E-state index is 0.241. The second-order valence-electron chi connectivity index (χ2n) is 8.33. The zero-order chi connectivity index (χ0) is 22.3. The maximum Gasteiger partial charge on any atom is 0.329 e. The molecule has 2 saturated carbocycles. The smallest absolute Gasteiger partial charge is 0.329 e. The van der Waals surface area contributed by atoms with Gasteiger partial charge in [0.05, 0.1) is 31.7 Å². The third-order valence-corrected chi connectivity index (χ3v) is 6.72. The molecule has 0 spiro atoms. The van der Waals surface area contributed by atoms with Crippen molar-refractivity contribution in [3.8, 4) is 11.5 Å². The van der Waals surface area contributed by atoms with E-state index < -0.39 is 24.5 Å². The van der Waals surface area contributed by atoms with Crippen LogP contribution in [0.5, 0.6) is 11.5 Å². The van der Waals surface area contributed by atoms with Gasteiger partial charge in [-0.25, -0.2) is 4.79 Å². The van der Waals surface area contributed by atoms with Crippen molar-refractivity contribution in [1.29, 1.82) is 0 Å². The van der Waals surface area contributed by atoms with E-state index in [4.69, 9.17) is 14.2 Å². The Morgan fingerprint density at radius 1 is 1.10 bits per heavy atom. The van der Waals surface area contributed by atoms with Crippen molar-refractivity contribution in [2.45, 2.75) is 32.2 Å². The molecule has 1 saturated heterocycles. The number of fused-ring (bicyclic) bond motifs is 5. The van der Waals surface area contributed by atoms with Gasteiger partial charge in [0.15, 0.2) is 6.61 Å². The summed E-state index contributed by atoms with van der Waals surface area (Å²) < 4.78 is 15.4. The summed E-state index contributed by atoms with van der Waals surface area (Å²) >= 11 is 0. The summed E-state index contributed by atoms with van der Waals surface area (Å²) in [6.07, 6.45) is 2.85. The fourth-order valence-electron chi connectivity index (χ4n) is 5.26. The van der Waals surface area contributed by atoms with E-state index in [0.717, 1.165) is 24.2 Å². The number of nitrogens with one attached hydrogen (secondary N) is 1. The normalized spacial score (nSPS) is 27.1. The summed E-state index contributed by atoms with van der Waals surface area (Å²) in [4.78, 5) is 51.4. The molecule has 0 aromatic heterocycles. The lowest BCUT2D eigenvalue weighted by molar-refractivity contribution is -0.159. The number of rotatable bonds is 7. The van der Waals surface area contributed by atoms with E-state index in [1.165, 1.54) is 21.1 Å². The molecule has 2 aliphatic carbocycles. The van der Waals surface area contributed by atoms with Crippen LogP contribution >= 0.6 is 0 Å². The number of amides is 3. The number of benzene rings is 1. The van der Waals surface area contributed by atoms with Crippen LogP contribution in [0.2, 0.25) is 0 Å². The predicted molar refractivity (Wildman–Crippen MR) is 108 cm³/mol. The van der Waals surface area contributed by atoms with Gasteiger partial charge < -0.3 is 19.5 Å². The van der Waals surface area contributed by atoms with Gasteiger partial charge in [0.2, 0.25) is 11.8 Å². The Morgan fingerprint density at radius 3 is 2.32 bits per heavy atom. The number of methoxy groups -OCH3 is 2. The van der Waals surface area contributed by atoms with Gasteiger partial charge in [-0.2, -0.15) is 0 Å². The Balaban J connectivity index is 1.34. The van der Waals surface area contributed by atoms with Crippen LogP contribution in [0.4, 0.5) is 5.69 Å². The van der Waals surface area contributed by atoms with E-state index in [-0.39, 0.29) is 35.5 Å². The molecule has 0 unspecified atom stereocenters. The Morgan fingerprint density at radius 2 is 1.74 bits per heavy atom. The van der Waals surface area contributed by atoms with Crippen LogP contribution in [0.15, 0.2) is 18.2 Å². The van der Waals surface area contributed by atoms with E-state index in [0.29, 0.717) is 17.2 Å². The molecule has 2 bridgehead atoms. The number of imide groups is 1. The highest BCUT2D eigenvalue weighted by Crippen LogP contribution is 2.56. The van der Waals surface area contributed by atoms with Crippen LogP contribution in [0, 0.1) is 23.7 Å². The lowest BCUT2D eigenvalue weighted by Crippen LogP contribution is -2.45. The first kappa shape index (κ1) is 21.1. The molecule has 3 aliphatic rings. The number of hydrogen-bond acceptors (Lipinski definition) is 7. The molecule has 1 N–H and O–H groups in total. The van der Waals surface area contributed by atoms with Gasteiger partial charge in [0.25, 0.3) is 5.91 Å². The molecule has 4 rings (SSSR count). The van der Waals surface area contributed by atoms with E-state index in [1.807, 2.05) is 0 Å². The van der Waals surface area contributed by atoms with Crippen LogP contribution in [0.3, 0.4) is 0 Å². The van der Waals surface area contributed by atoms with E-state index >= 15 is 0 Å². The number of hydrogen-bond donors (Lipinski definition) is 1. The molecule has 1 aliphatic heterocycles. The van der Waals surface area contributed by atoms with Crippen LogP contribution in [-0.2, 0) is 23.9 Å². The third-order valence-electron chi connectivity index (χ3n) is 6.72. The second-order valence-corrected chi connectivity index (χ2v) is 8.33.